The minimum Gasteiger partial charge on any atom is -0.431 e. The van der Waals surface area contributed by atoms with E-state index in [0.717, 1.165) is 31.8 Å². The molecule has 0 aliphatic carbocycles. The number of hydrogen-bond donors (Lipinski definition) is 1. The fourth-order valence-electron chi connectivity index (χ4n) is 4.93. The summed E-state index contributed by atoms with van der Waals surface area (Å²) in [4.78, 5) is 30.3. The van der Waals surface area contributed by atoms with Crippen molar-refractivity contribution in [2.75, 3.05) is 38.5 Å². The average molecular weight is 470 g/mol. The van der Waals surface area contributed by atoms with E-state index in [4.69, 9.17) is 16.3 Å². The Bertz CT molecular complexity index is 922. The van der Waals surface area contributed by atoms with E-state index >= 15 is 0 Å². The van der Waals surface area contributed by atoms with Crippen LogP contribution >= 0.6 is 11.6 Å². The van der Waals surface area contributed by atoms with E-state index in [-0.39, 0.29) is 5.91 Å². The molecular formula is C26H32ClN3O3. The lowest BCUT2D eigenvalue weighted by molar-refractivity contribution is -0.142. The molecule has 2 amide bonds. The molecule has 0 saturated carbocycles. The molecule has 7 heteroatoms. The molecule has 176 valence electrons. The normalized spacial score (nSPS) is 19.2. The maximum Gasteiger partial charge on any atom is 0.412 e. The van der Waals surface area contributed by atoms with Crippen LogP contribution in [0.15, 0.2) is 54.6 Å². The number of nitrogens with one attached hydrogen (secondary N) is 1. The van der Waals surface area contributed by atoms with Crippen LogP contribution in [0.5, 0.6) is 0 Å². The summed E-state index contributed by atoms with van der Waals surface area (Å²) in [6.45, 7) is 3.75. The number of nitrogens with zero attached hydrogens (tertiary/aromatic N) is 2. The van der Waals surface area contributed by atoms with Crippen molar-refractivity contribution in [2.24, 2.45) is 11.8 Å². The number of amides is 2. The van der Waals surface area contributed by atoms with Crippen molar-refractivity contribution in [3.05, 3.63) is 65.2 Å². The van der Waals surface area contributed by atoms with Crippen LogP contribution in [0.3, 0.4) is 0 Å². The molecule has 1 atom stereocenters. The van der Waals surface area contributed by atoms with Gasteiger partial charge in [-0.05, 0) is 81.9 Å². The Morgan fingerprint density at radius 3 is 2.09 bits per heavy atom. The zero-order valence-corrected chi connectivity index (χ0v) is 19.8. The lowest BCUT2D eigenvalue weighted by Crippen LogP contribution is -2.44. The fourth-order valence-corrected chi connectivity index (χ4v) is 5.06. The van der Waals surface area contributed by atoms with Crippen molar-refractivity contribution >= 4 is 29.3 Å². The molecule has 2 aliphatic heterocycles. The van der Waals surface area contributed by atoms with E-state index in [1.807, 2.05) is 35.2 Å². The number of piperidine rings is 2. The number of ether oxygens (including phenoxy) is 1. The average Bonchev–Trinajstić information content (AvgIpc) is 2.85. The molecule has 0 unspecified atom stereocenters. The Morgan fingerprint density at radius 2 is 1.48 bits per heavy atom. The molecule has 0 spiro atoms. The zero-order chi connectivity index (χ0) is 23.2. The molecule has 0 bridgehead atoms. The molecule has 0 radical (unpaired) electrons. The van der Waals surface area contributed by atoms with Crippen LogP contribution in [0.2, 0.25) is 5.02 Å². The highest BCUT2D eigenvalue weighted by Gasteiger charge is 2.34. The molecule has 2 heterocycles. The van der Waals surface area contributed by atoms with E-state index < -0.39 is 12.2 Å². The molecule has 0 aromatic heterocycles. The van der Waals surface area contributed by atoms with Gasteiger partial charge in [0.05, 0.1) is 0 Å². The van der Waals surface area contributed by atoms with E-state index in [9.17, 15) is 9.59 Å². The Labute approximate surface area is 200 Å². The second-order valence-electron chi connectivity index (χ2n) is 9.13. The quantitative estimate of drug-likeness (QED) is 0.652. The van der Waals surface area contributed by atoms with Gasteiger partial charge in [-0.2, -0.15) is 0 Å². The Kier molecular flexibility index (Phi) is 7.89. The van der Waals surface area contributed by atoms with E-state index in [0.29, 0.717) is 35.3 Å². The third-order valence-corrected chi connectivity index (χ3v) is 7.18. The first kappa shape index (κ1) is 23.6. The van der Waals surface area contributed by atoms with Gasteiger partial charge in [0.25, 0.3) is 5.91 Å². The van der Waals surface area contributed by atoms with Gasteiger partial charge in [0.1, 0.15) is 0 Å². The fraction of sp³-hybridized carbons (Fsp3) is 0.462. The summed E-state index contributed by atoms with van der Waals surface area (Å²) in [5.41, 5.74) is 1.23. The minimum absolute atomic E-state index is 0.158. The SMILES string of the molecule is CN1CCC(C2CCN(C(=O)[C@H](OC(=O)Nc3ccc(Cl)cc3)c3ccccc3)CC2)CC1. The number of carbonyl (C=O) groups is 2. The standard InChI is InChI=1S/C26H32ClN3O3/c1-29-15-11-19(12-16-29)20-13-17-30(18-14-20)25(31)24(21-5-3-2-4-6-21)33-26(32)28-23-9-7-22(27)8-10-23/h2-10,19-20,24H,11-18H2,1H3,(H,28,32)/t24-/m1/s1. The summed E-state index contributed by atoms with van der Waals surface area (Å²) in [5.74, 6) is 1.27. The van der Waals surface area contributed by atoms with Gasteiger partial charge in [0, 0.05) is 29.4 Å². The topological polar surface area (TPSA) is 61.9 Å². The molecule has 2 aromatic carbocycles. The van der Waals surface area contributed by atoms with E-state index in [1.54, 1.807) is 24.3 Å². The van der Waals surface area contributed by atoms with E-state index in [1.165, 1.54) is 12.8 Å². The summed E-state index contributed by atoms with van der Waals surface area (Å²) in [7, 11) is 2.18. The second kappa shape index (κ2) is 11.0. The lowest BCUT2D eigenvalue weighted by Gasteiger charge is -2.40. The van der Waals surface area contributed by atoms with Crippen molar-refractivity contribution < 1.29 is 14.3 Å². The highest BCUT2D eigenvalue weighted by Crippen LogP contribution is 2.33. The maximum atomic E-state index is 13.5. The van der Waals surface area contributed by atoms with Gasteiger partial charge in [0.15, 0.2) is 0 Å². The van der Waals surface area contributed by atoms with Gasteiger partial charge in [-0.15, -0.1) is 0 Å². The van der Waals surface area contributed by atoms with Crippen molar-refractivity contribution in [1.29, 1.82) is 0 Å². The van der Waals surface area contributed by atoms with Crippen LogP contribution in [0, 0.1) is 11.8 Å². The van der Waals surface area contributed by atoms with Crippen LogP contribution in [0.25, 0.3) is 0 Å². The van der Waals surface area contributed by atoms with Crippen molar-refractivity contribution in [3.8, 4) is 0 Å². The predicted octanol–water partition coefficient (Wildman–Crippen LogP) is 5.21. The van der Waals surface area contributed by atoms with Crippen molar-refractivity contribution in [2.45, 2.75) is 31.8 Å². The summed E-state index contributed by atoms with van der Waals surface area (Å²) >= 11 is 5.91. The van der Waals surface area contributed by atoms with Gasteiger partial charge in [0.2, 0.25) is 6.10 Å². The molecule has 33 heavy (non-hydrogen) atoms. The first-order valence-corrected chi connectivity index (χ1v) is 12.1. The highest BCUT2D eigenvalue weighted by atomic mass is 35.5. The van der Waals surface area contributed by atoms with Crippen LogP contribution < -0.4 is 5.32 Å². The number of hydrogen-bond acceptors (Lipinski definition) is 4. The summed E-state index contributed by atoms with van der Waals surface area (Å²) in [5, 5.41) is 3.26. The number of halogens is 1. The predicted molar refractivity (Wildman–Crippen MR) is 130 cm³/mol. The first-order valence-electron chi connectivity index (χ1n) is 11.7. The largest absolute Gasteiger partial charge is 0.431 e. The summed E-state index contributed by atoms with van der Waals surface area (Å²) < 4.78 is 5.66. The molecule has 4 rings (SSSR count). The van der Waals surface area contributed by atoms with Crippen LogP contribution in [-0.2, 0) is 9.53 Å². The molecule has 2 aliphatic rings. The third kappa shape index (κ3) is 6.27. The minimum atomic E-state index is -0.974. The monoisotopic (exact) mass is 469 g/mol. The Morgan fingerprint density at radius 1 is 0.909 bits per heavy atom. The highest BCUT2D eigenvalue weighted by molar-refractivity contribution is 6.30. The smallest absolute Gasteiger partial charge is 0.412 e. The van der Waals surface area contributed by atoms with Crippen LogP contribution in [-0.4, -0.2) is 55.0 Å². The number of rotatable bonds is 5. The lowest BCUT2D eigenvalue weighted by atomic mass is 9.79. The van der Waals surface area contributed by atoms with Gasteiger partial charge in [-0.3, -0.25) is 10.1 Å². The van der Waals surface area contributed by atoms with Crippen LogP contribution in [0.1, 0.15) is 37.4 Å². The van der Waals surface area contributed by atoms with Crippen LogP contribution in [0.4, 0.5) is 10.5 Å². The molecule has 2 fully saturated rings. The second-order valence-corrected chi connectivity index (χ2v) is 9.57. The van der Waals surface area contributed by atoms with Gasteiger partial charge < -0.3 is 14.5 Å². The Hall–Kier alpha value is -2.57. The first-order chi connectivity index (χ1) is 16.0. The van der Waals surface area contributed by atoms with Gasteiger partial charge in [-0.1, -0.05) is 41.9 Å². The molecule has 1 N–H and O–H groups in total. The van der Waals surface area contributed by atoms with Crippen molar-refractivity contribution in [3.63, 3.8) is 0 Å². The Balaban J connectivity index is 1.39. The number of anilines is 1. The number of benzene rings is 2. The maximum absolute atomic E-state index is 13.5. The molecule has 2 aromatic rings. The number of likely N-dealkylation sites (tertiary alicyclic amines) is 2. The third-order valence-electron chi connectivity index (χ3n) is 6.92. The molecule has 6 nitrogen and oxygen atoms in total. The van der Waals surface area contributed by atoms with Gasteiger partial charge >= 0.3 is 6.09 Å². The summed E-state index contributed by atoms with van der Waals surface area (Å²) in [6, 6.07) is 16.0. The molecule has 2 saturated heterocycles. The van der Waals surface area contributed by atoms with E-state index in [2.05, 4.69) is 17.3 Å². The van der Waals surface area contributed by atoms with Crippen molar-refractivity contribution in [1.82, 2.24) is 9.80 Å². The van der Waals surface area contributed by atoms with Gasteiger partial charge in [-0.25, -0.2) is 4.79 Å². The zero-order valence-electron chi connectivity index (χ0n) is 19.1. The summed E-state index contributed by atoms with van der Waals surface area (Å²) in [6.07, 6.45) is 2.88. The molecular weight excluding hydrogens is 438 g/mol. The number of carbonyl (C=O) groups excluding carboxylic acids is 2.